The number of fused-ring (bicyclic) bond motifs is 1. The normalized spacial score (nSPS) is 11.6. The molecule has 0 aliphatic rings. The van der Waals surface area contributed by atoms with Crippen LogP contribution in [0.1, 0.15) is 58.5 Å². The van der Waals surface area contributed by atoms with Crippen LogP contribution in [0, 0.1) is 20.8 Å². The second-order valence-electron chi connectivity index (χ2n) is 8.57. The van der Waals surface area contributed by atoms with Crippen LogP contribution in [0.15, 0.2) is 56.8 Å². The molecule has 0 atom stereocenters. The van der Waals surface area contributed by atoms with Gasteiger partial charge in [0.05, 0.1) is 22.7 Å². The van der Waals surface area contributed by atoms with E-state index in [1.807, 2.05) is 49.6 Å². The Morgan fingerprint density at radius 1 is 1.17 bits per heavy atom. The summed E-state index contributed by atoms with van der Waals surface area (Å²) in [5.74, 6) is -0.329. The highest BCUT2D eigenvalue weighted by Crippen LogP contribution is 2.25. The molecule has 0 amide bonds. The van der Waals surface area contributed by atoms with Gasteiger partial charge in [-0.25, -0.2) is 9.78 Å². The average molecular weight is 535 g/mol. The van der Waals surface area contributed by atoms with E-state index < -0.39 is 5.97 Å². The molecule has 8 heteroatoms. The Hall–Kier alpha value is -3.52. The van der Waals surface area contributed by atoms with Crippen LogP contribution >= 0.6 is 15.9 Å². The summed E-state index contributed by atoms with van der Waals surface area (Å²) in [6.45, 7) is 7.83. The van der Waals surface area contributed by atoms with Gasteiger partial charge in [0.1, 0.15) is 5.82 Å². The van der Waals surface area contributed by atoms with Crippen LogP contribution in [-0.4, -0.2) is 31.5 Å². The van der Waals surface area contributed by atoms with E-state index in [-0.39, 0.29) is 11.1 Å². The second kappa shape index (κ2) is 10.00. The van der Waals surface area contributed by atoms with Crippen LogP contribution in [0.25, 0.3) is 16.6 Å². The summed E-state index contributed by atoms with van der Waals surface area (Å²) in [6.07, 6.45) is 4.21. The lowest BCUT2D eigenvalue weighted by molar-refractivity contribution is 0.0696. The van der Waals surface area contributed by atoms with Crippen LogP contribution in [0.3, 0.4) is 0 Å². The molecule has 1 N–H and O–H groups in total. The van der Waals surface area contributed by atoms with Gasteiger partial charge in [0.2, 0.25) is 0 Å². The molecule has 7 nitrogen and oxygen atoms in total. The molecule has 180 valence electrons. The van der Waals surface area contributed by atoms with Crippen molar-refractivity contribution in [2.24, 2.45) is 5.10 Å². The Morgan fingerprint density at radius 2 is 1.94 bits per heavy atom. The molecule has 0 fully saturated rings. The Balaban J connectivity index is 1.82. The van der Waals surface area contributed by atoms with Crippen molar-refractivity contribution in [3.8, 4) is 5.69 Å². The molecule has 2 aromatic heterocycles. The molecule has 35 heavy (non-hydrogen) atoms. The number of carbonyl (C=O) groups is 1. The monoisotopic (exact) mass is 534 g/mol. The van der Waals surface area contributed by atoms with E-state index in [0.717, 1.165) is 40.0 Å². The third kappa shape index (κ3) is 4.71. The van der Waals surface area contributed by atoms with Crippen molar-refractivity contribution in [3.63, 3.8) is 0 Å². The van der Waals surface area contributed by atoms with E-state index in [4.69, 9.17) is 4.98 Å². The van der Waals surface area contributed by atoms with Gasteiger partial charge >= 0.3 is 5.97 Å². The number of nitrogens with zero attached hydrogens (tertiary/aromatic N) is 4. The fourth-order valence-electron chi connectivity index (χ4n) is 4.32. The zero-order chi connectivity index (χ0) is 25.3. The second-order valence-corrected chi connectivity index (χ2v) is 9.49. The van der Waals surface area contributed by atoms with E-state index in [2.05, 4.69) is 28.0 Å². The van der Waals surface area contributed by atoms with Crippen LogP contribution in [0.2, 0.25) is 0 Å². The molecule has 0 spiro atoms. The molecule has 0 aliphatic carbocycles. The molecule has 2 aromatic carbocycles. The maximum Gasteiger partial charge on any atom is 0.336 e. The number of hydrogen-bond acceptors (Lipinski definition) is 4. The molecule has 4 rings (SSSR count). The van der Waals surface area contributed by atoms with Crippen molar-refractivity contribution < 1.29 is 9.90 Å². The number of benzene rings is 2. The molecule has 0 saturated carbocycles. The first-order valence-electron chi connectivity index (χ1n) is 11.5. The molecular weight excluding hydrogens is 508 g/mol. The topological polar surface area (TPSA) is 89.5 Å². The summed E-state index contributed by atoms with van der Waals surface area (Å²) in [5.41, 5.74) is 4.88. The number of rotatable bonds is 7. The number of hydrogen-bond donors (Lipinski definition) is 1. The number of unbranched alkanes of at least 4 members (excludes halogenated alkanes) is 1. The van der Waals surface area contributed by atoms with Gasteiger partial charge in [-0.15, -0.1) is 0 Å². The molecule has 0 aliphatic heterocycles. The predicted octanol–water partition coefficient (Wildman–Crippen LogP) is 5.80. The Kier molecular flexibility index (Phi) is 7.03. The highest BCUT2D eigenvalue weighted by atomic mass is 79.9. The first-order valence-corrected chi connectivity index (χ1v) is 12.3. The Bertz CT molecular complexity index is 1530. The van der Waals surface area contributed by atoms with Crippen LogP contribution in [0.4, 0.5) is 0 Å². The average Bonchev–Trinajstić information content (AvgIpc) is 3.10. The van der Waals surface area contributed by atoms with Gasteiger partial charge in [-0.3, -0.25) is 4.79 Å². The van der Waals surface area contributed by atoms with Crippen LogP contribution < -0.4 is 5.56 Å². The number of aryl methyl sites for hydroxylation is 2. The maximum atomic E-state index is 13.3. The zero-order valence-corrected chi connectivity index (χ0v) is 21.8. The van der Waals surface area contributed by atoms with Gasteiger partial charge < -0.3 is 9.67 Å². The SMILES string of the molecule is CCCCc1nc2ccc(Br)cc2c(=O)n1N=Cc1cc(C)n(-c2cccc(C(=O)O)c2C)c1C. The molecule has 0 bridgehead atoms. The van der Waals surface area contributed by atoms with Crippen molar-refractivity contribution in [3.05, 3.63) is 91.2 Å². The van der Waals surface area contributed by atoms with Gasteiger partial charge in [0.15, 0.2) is 0 Å². The van der Waals surface area contributed by atoms with Gasteiger partial charge in [0, 0.05) is 33.5 Å². The fourth-order valence-corrected chi connectivity index (χ4v) is 4.68. The minimum absolute atomic E-state index is 0.211. The number of carboxylic acids is 1. The highest BCUT2D eigenvalue weighted by molar-refractivity contribution is 9.10. The predicted molar refractivity (Wildman–Crippen MR) is 142 cm³/mol. The first-order chi connectivity index (χ1) is 16.7. The van der Waals surface area contributed by atoms with E-state index in [1.165, 1.54) is 4.68 Å². The standard InChI is InChI=1S/C27H27BrN4O3/c1-5-6-10-25-30-23-12-11-20(28)14-22(23)26(33)32(25)29-15-19-13-16(2)31(18(19)4)24-9-7-8-21(17(24)3)27(34)35/h7-9,11-15H,5-6,10H2,1-4H3,(H,34,35). The molecule has 2 heterocycles. The summed E-state index contributed by atoms with van der Waals surface area (Å²) < 4.78 is 4.22. The van der Waals surface area contributed by atoms with Crippen LogP contribution in [-0.2, 0) is 6.42 Å². The number of carboxylic acid groups (broad SMARTS) is 1. The molecule has 4 aromatic rings. The number of halogens is 1. The van der Waals surface area contributed by atoms with Crippen molar-refractivity contribution in [1.29, 1.82) is 0 Å². The number of aromatic carboxylic acids is 1. The summed E-state index contributed by atoms with van der Waals surface area (Å²) in [6, 6.07) is 12.7. The zero-order valence-electron chi connectivity index (χ0n) is 20.2. The molecule has 0 unspecified atom stereocenters. The summed E-state index contributed by atoms with van der Waals surface area (Å²) in [7, 11) is 0. The number of aromatic nitrogens is 3. The van der Waals surface area contributed by atoms with Gasteiger partial charge in [-0.2, -0.15) is 9.78 Å². The third-order valence-electron chi connectivity index (χ3n) is 6.19. The van der Waals surface area contributed by atoms with E-state index in [1.54, 1.807) is 24.4 Å². The van der Waals surface area contributed by atoms with Crippen molar-refractivity contribution in [2.45, 2.75) is 47.0 Å². The molecular formula is C27H27BrN4O3. The van der Waals surface area contributed by atoms with Gasteiger partial charge in [-0.1, -0.05) is 35.3 Å². The summed E-state index contributed by atoms with van der Waals surface area (Å²) in [4.78, 5) is 29.7. The minimum Gasteiger partial charge on any atom is -0.478 e. The van der Waals surface area contributed by atoms with Gasteiger partial charge in [0.25, 0.3) is 5.56 Å². The molecule has 0 saturated heterocycles. The lowest BCUT2D eigenvalue weighted by atomic mass is 10.1. The Morgan fingerprint density at radius 3 is 2.66 bits per heavy atom. The smallest absolute Gasteiger partial charge is 0.336 e. The summed E-state index contributed by atoms with van der Waals surface area (Å²) >= 11 is 3.44. The summed E-state index contributed by atoms with van der Waals surface area (Å²) in [5, 5.41) is 14.6. The van der Waals surface area contributed by atoms with Crippen molar-refractivity contribution in [2.75, 3.05) is 0 Å². The van der Waals surface area contributed by atoms with Crippen LogP contribution in [0.5, 0.6) is 0 Å². The fraction of sp³-hybridized carbons (Fsp3) is 0.259. The van der Waals surface area contributed by atoms with E-state index in [0.29, 0.717) is 28.7 Å². The van der Waals surface area contributed by atoms with E-state index in [9.17, 15) is 14.7 Å². The third-order valence-corrected chi connectivity index (χ3v) is 6.68. The minimum atomic E-state index is -0.956. The van der Waals surface area contributed by atoms with Crippen molar-refractivity contribution >= 4 is 39.0 Å². The van der Waals surface area contributed by atoms with E-state index >= 15 is 0 Å². The lowest BCUT2D eigenvalue weighted by Gasteiger charge is -2.14. The van der Waals surface area contributed by atoms with Gasteiger partial charge in [-0.05, 0) is 69.2 Å². The van der Waals surface area contributed by atoms with Crippen molar-refractivity contribution in [1.82, 2.24) is 14.2 Å². The highest BCUT2D eigenvalue weighted by Gasteiger charge is 2.16. The Labute approximate surface area is 211 Å². The quantitative estimate of drug-likeness (QED) is 0.303. The first kappa shape index (κ1) is 24.6. The maximum absolute atomic E-state index is 13.3. The molecule has 0 radical (unpaired) electrons. The largest absolute Gasteiger partial charge is 0.478 e. The lowest BCUT2D eigenvalue weighted by Crippen LogP contribution is -2.22.